The quantitative estimate of drug-likeness (QED) is 0.0724. The van der Waals surface area contributed by atoms with Crippen molar-refractivity contribution in [1.82, 2.24) is 4.57 Å². The lowest BCUT2D eigenvalue weighted by Crippen LogP contribution is -2.04. The number of fused-ring (bicyclic) bond motifs is 3. The molecule has 0 N–H and O–H groups in total. The lowest BCUT2D eigenvalue weighted by atomic mass is 9.99. The molecule has 186 valence electrons. The van der Waals surface area contributed by atoms with E-state index in [4.69, 9.17) is 4.84 Å². The van der Waals surface area contributed by atoms with Gasteiger partial charge in [-0.3, -0.25) is 4.79 Å². The Morgan fingerprint density at radius 3 is 2.06 bits per heavy atom. The number of unbranched alkanes of at least 4 members (excludes halogenated alkanes) is 4. The van der Waals surface area contributed by atoms with Crippen molar-refractivity contribution in [2.75, 3.05) is 0 Å². The van der Waals surface area contributed by atoms with Crippen LogP contribution in [-0.4, -0.2) is 22.0 Å². The Labute approximate surface area is 212 Å². The van der Waals surface area contributed by atoms with Crippen molar-refractivity contribution in [3.8, 4) is 0 Å². The summed E-state index contributed by atoms with van der Waals surface area (Å²) in [4.78, 5) is 29.7. The number of oxime groups is 1. The number of nitrogens with zero attached hydrogens (tertiary/aromatic N) is 2. The Bertz CT molecular complexity index is 1400. The van der Waals surface area contributed by atoms with Crippen molar-refractivity contribution < 1.29 is 14.4 Å². The Balaban J connectivity index is 1.76. The van der Waals surface area contributed by atoms with Gasteiger partial charge in [-0.2, -0.15) is 0 Å². The fourth-order valence-corrected chi connectivity index (χ4v) is 4.78. The molecule has 4 aromatic rings. The lowest BCUT2D eigenvalue weighted by molar-refractivity contribution is -0.140. The lowest BCUT2D eigenvalue weighted by Gasteiger charge is -2.08. The monoisotopic (exact) mass is 482 g/mol. The second kappa shape index (κ2) is 11.8. The van der Waals surface area contributed by atoms with Gasteiger partial charge in [-0.25, -0.2) is 4.79 Å². The Kier molecular flexibility index (Phi) is 8.32. The minimum atomic E-state index is -0.425. The largest absolute Gasteiger partial charge is 0.341 e. The summed E-state index contributed by atoms with van der Waals surface area (Å²) >= 11 is 0. The fourth-order valence-electron chi connectivity index (χ4n) is 4.78. The van der Waals surface area contributed by atoms with E-state index in [1.807, 2.05) is 48.5 Å². The van der Waals surface area contributed by atoms with Gasteiger partial charge < -0.3 is 9.40 Å². The highest BCUT2D eigenvalue weighted by atomic mass is 16.7. The van der Waals surface area contributed by atoms with E-state index in [1.165, 1.54) is 26.2 Å². The number of benzene rings is 3. The minimum absolute atomic E-state index is 0.00948. The van der Waals surface area contributed by atoms with Gasteiger partial charge in [0.1, 0.15) is 0 Å². The van der Waals surface area contributed by atoms with Crippen molar-refractivity contribution >= 4 is 39.3 Å². The third kappa shape index (κ3) is 5.56. The first-order valence-electron chi connectivity index (χ1n) is 12.9. The highest BCUT2D eigenvalue weighted by molar-refractivity contribution is 6.16. The van der Waals surface area contributed by atoms with Crippen molar-refractivity contribution in [2.24, 2.45) is 5.16 Å². The zero-order valence-electron chi connectivity index (χ0n) is 21.4. The van der Waals surface area contributed by atoms with Gasteiger partial charge in [0.2, 0.25) is 0 Å². The summed E-state index contributed by atoms with van der Waals surface area (Å²) in [6.07, 6.45) is 6.47. The molecule has 5 heteroatoms. The number of aryl methyl sites for hydroxylation is 1. The van der Waals surface area contributed by atoms with E-state index >= 15 is 0 Å². The fraction of sp³-hybridized carbons (Fsp3) is 0.323. The number of carbonyl (C=O) groups is 2. The number of hydrogen-bond donors (Lipinski definition) is 0. The van der Waals surface area contributed by atoms with Gasteiger partial charge in [-0.15, -0.1) is 0 Å². The molecule has 0 unspecified atom stereocenters. The molecule has 0 saturated heterocycles. The van der Waals surface area contributed by atoms with Crippen LogP contribution in [0.5, 0.6) is 0 Å². The molecule has 4 rings (SSSR count). The zero-order chi connectivity index (χ0) is 25.5. The maximum atomic E-state index is 13.1. The van der Waals surface area contributed by atoms with Crippen LogP contribution in [0.3, 0.4) is 0 Å². The van der Waals surface area contributed by atoms with Crippen LogP contribution < -0.4 is 0 Å². The second-order valence-corrected chi connectivity index (χ2v) is 9.19. The highest BCUT2D eigenvalue weighted by Crippen LogP contribution is 2.32. The molecular weight excluding hydrogens is 448 g/mol. The summed E-state index contributed by atoms with van der Waals surface area (Å²) in [6, 6.07) is 21.6. The first-order chi connectivity index (χ1) is 17.5. The maximum absolute atomic E-state index is 13.1. The molecule has 0 aliphatic heterocycles. The van der Waals surface area contributed by atoms with Crippen LogP contribution in [0.25, 0.3) is 21.8 Å². The second-order valence-electron chi connectivity index (χ2n) is 9.19. The van der Waals surface area contributed by atoms with E-state index in [0.29, 0.717) is 11.1 Å². The van der Waals surface area contributed by atoms with Gasteiger partial charge in [-0.1, -0.05) is 74.2 Å². The van der Waals surface area contributed by atoms with Crippen molar-refractivity contribution in [3.05, 3.63) is 83.4 Å². The van der Waals surface area contributed by atoms with E-state index in [9.17, 15) is 9.59 Å². The number of ketones is 1. The molecule has 1 aromatic heterocycles. The molecule has 0 fully saturated rings. The minimum Gasteiger partial charge on any atom is -0.341 e. The van der Waals surface area contributed by atoms with Crippen molar-refractivity contribution in [2.45, 2.75) is 65.8 Å². The van der Waals surface area contributed by atoms with Gasteiger partial charge in [0.05, 0.1) is 5.71 Å². The normalized spacial score (nSPS) is 11.8. The first kappa shape index (κ1) is 25.4. The first-order valence-corrected chi connectivity index (χ1v) is 12.9. The van der Waals surface area contributed by atoms with Crippen molar-refractivity contribution in [3.63, 3.8) is 0 Å². The van der Waals surface area contributed by atoms with E-state index < -0.39 is 5.97 Å². The number of carbonyl (C=O) groups excluding carboxylic acids is 2. The topological polar surface area (TPSA) is 60.7 Å². The molecule has 0 bridgehead atoms. The molecule has 0 atom stereocenters. The number of rotatable bonds is 11. The smallest absolute Gasteiger partial charge is 0.331 e. The van der Waals surface area contributed by atoms with Gasteiger partial charge in [0.25, 0.3) is 0 Å². The molecule has 5 nitrogen and oxygen atoms in total. The van der Waals surface area contributed by atoms with E-state index in [-0.39, 0.29) is 5.78 Å². The molecule has 0 amide bonds. The predicted molar refractivity (Wildman–Crippen MR) is 147 cm³/mol. The Morgan fingerprint density at radius 1 is 0.778 bits per heavy atom. The third-order valence-corrected chi connectivity index (χ3v) is 6.61. The molecule has 36 heavy (non-hydrogen) atoms. The van der Waals surface area contributed by atoms with Crippen LogP contribution in [0.15, 0.2) is 71.9 Å². The van der Waals surface area contributed by atoms with E-state index in [0.717, 1.165) is 58.9 Å². The molecule has 0 aliphatic rings. The average Bonchev–Trinajstić information content (AvgIpc) is 3.22. The summed E-state index contributed by atoms with van der Waals surface area (Å²) in [5.41, 5.74) is 5.25. The Hall–Kier alpha value is -3.73. The number of aromatic nitrogens is 1. The maximum Gasteiger partial charge on any atom is 0.331 e. The molecule has 0 radical (unpaired) electrons. The van der Waals surface area contributed by atoms with Gasteiger partial charge in [0, 0.05) is 52.0 Å². The summed E-state index contributed by atoms with van der Waals surface area (Å²) in [5, 5.41) is 6.31. The van der Waals surface area contributed by atoms with Crippen LogP contribution >= 0.6 is 0 Å². The highest BCUT2D eigenvalue weighted by Gasteiger charge is 2.16. The van der Waals surface area contributed by atoms with Gasteiger partial charge >= 0.3 is 5.97 Å². The summed E-state index contributed by atoms with van der Waals surface area (Å²) < 4.78 is 2.26. The van der Waals surface area contributed by atoms with Crippen LogP contribution in [0.4, 0.5) is 0 Å². The number of hydrogen-bond acceptors (Lipinski definition) is 4. The summed E-state index contributed by atoms with van der Waals surface area (Å²) in [7, 11) is 0. The van der Waals surface area contributed by atoms with E-state index in [1.54, 1.807) is 0 Å². The van der Waals surface area contributed by atoms with Crippen molar-refractivity contribution in [1.29, 1.82) is 0 Å². The molecule has 0 aliphatic carbocycles. The van der Waals surface area contributed by atoms with Crippen LogP contribution in [0.1, 0.15) is 80.8 Å². The van der Waals surface area contributed by atoms with Crippen LogP contribution in [0.2, 0.25) is 0 Å². The molecule has 0 saturated carbocycles. The molecule has 3 aromatic carbocycles. The predicted octanol–water partition coefficient (Wildman–Crippen LogP) is 7.67. The van der Waals surface area contributed by atoms with Crippen LogP contribution in [-0.2, 0) is 16.2 Å². The zero-order valence-corrected chi connectivity index (χ0v) is 21.4. The molecule has 1 heterocycles. The Morgan fingerprint density at radius 2 is 1.42 bits per heavy atom. The van der Waals surface area contributed by atoms with Gasteiger partial charge in [-0.05, 0) is 50.1 Å². The molecule has 0 spiro atoms. The molecular formula is C31H34N2O3. The SMILES string of the molecule is CCCCCCC/C(=N\OC(C)=O)c1ccc2c(c1)c1cc(C(=O)c3ccccc3)ccc1n2CC. The van der Waals surface area contributed by atoms with Gasteiger partial charge in [0.15, 0.2) is 5.78 Å². The summed E-state index contributed by atoms with van der Waals surface area (Å²) in [6.45, 7) is 6.51. The summed E-state index contributed by atoms with van der Waals surface area (Å²) in [5.74, 6) is -0.415. The standard InChI is InChI=1S/C31H34N2O3/c1-4-6-7-8-12-15-28(32-36-22(3)34)24-16-18-29-26(20-24)27-21-25(17-19-30(27)33(29)5-2)31(35)23-13-10-9-11-14-23/h9-11,13-14,16-21H,4-8,12,15H2,1-3H3/b32-28+. The van der Waals surface area contributed by atoms with Crippen LogP contribution in [0, 0.1) is 0 Å². The average molecular weight is 483 g/mol. The third-order valence-electron chi connectivity index (χ3n) is 6.61. The van der Waals surface area contributed by atoms with E-state index in [2.05, 4.69) is 41.8 Å².